The van der Waals surface area contributed by atoms with Crippen molar-refractivity contribution in [3.63, 3.8) is 0 Å². The van der Waals surface area contributed by atoms with Crippen molar-refractivity contribution in [1.29, 1.82) is 0 Å². The number of carbonyl (C=O) groups excluding carboxylic acids is 1. The lowest BCUT2D eigenvalue weighted by Gasteiger charge is -2.13. The SMILES string of the molecule is Cc1nn(C)c(C)c1/C=C/C(=O)NCC(O)C(C)C. The van der Waals surface area contributed by atoms with Gasteiger partial charge in [-0.05, 0) is 25.8 Å². The summed E-state index contributed by atoms with van der Waals surface area (Å²) in [5.74, 6) is -0.0746. The van der Waals surface area contributed by atoms with E-state index in [-0.39, 0.29) is 18.4 Å². The summed E-state index contributed by atoms with van der Waals surface area (Å²) in [6.45, 7) is 7.96. The lowest BCUT2D eigenvalue weighted by molar-refractivity contribution is -0.117. The number of carbonyl (C=O) groups is 1. The quantitative estimate of drug-likeness (QED) is 0.786. The minimum atomic E-state index is -0.515. The molecule has 1 heterocycles. The molecule has 19 heavy (non-hydrogen) atoms. The Labute approximate surface area is 114 Å². The predicted molar refractivity (Wildman–Crippen MR) is 75.6 cm³/mol. The molecule has 0 aliphatic carbocycles. The summed E-state index contributed by atoms with van der Waals surface area (Å²) in [4.78, 5) is 11.6. The molecule has 0 aliphatic rings. The second-order valence-electron chi connectivity index (χ2n) is 5.10. The van der Waals surface area contributed by atoms with Crippen LogP contribution in [-0.4, -0.2) is 33.4 Å². The molecule has 0 saturated heterocycles. The third-order valence-corrected chi connectivity index (χ3v) is 3.22. The van der Waals surface area contributed by atoms with E-state index in [2.05, 4.69) is 10.4 Å². The molecule has 0 spiro atoms. The zero-order chi connectivity index (χ0) is 14.6. The zero-order valence-electron chi connectivity index (χ0n) is 12.3. The molecular formula is C14H23N3O2. The van der Waals surface area contributed by atoms with Gasteiger partial charge in [0, 0.05) is 30.9 Å². The number of aryl methyl sites for hydroxylation is 2. The number of nitrogens with one attached hydrogen (secondary N) is 1. The van der Waals surface area contributed by atoms with Crippen LogP contribution in [0.3, 0.4) is 0 Å². The summed E-state index contributed by atoms with van der Waals surface area (Å²) in [5.41, 5.74) is 2.87. The van der Waals surface area contributed by atoms with Gasteiger partial charge in [0.05, 0.1) is 11.8 Å². The van der Waals surface area contributed by atoms with Crippen molar-refractivity contribution < 1.29 is 9.90 Å². The highest BCUT2D eigenvalue weighted by Gasteiger charge is 2.10. The summed E-state index contributed by atoms with van der Waals surface area (Å²) >= 11 is 0. The Hall–Kier alpha value is -1.62. The highest BCUT2D eigenvalue weighted by atomic mass is 16.3. The molecule has 0 fully saturated rings. The lowest BCUT2D eigenvalue weighted by Crippen LogP contribution is -2.33. The Balaban J connectivity index is 2.59. The first kappa shape index (κ1) is 15.4. The Kier molecular flexibility index (Phi) is 5.30. The van der Waals surface area contributed by atoms with Gasteiger partial charge < -0.3 is 10.4 Å². The molecule has 0 saturated carbocycles. The molecule has 1 unspecified atom stereocenters. The number of hydrogen-bond donors (Lipinski definition) is 2. The minimum absolute atomic E-state index is 0.132. The van der Waals surface area contributed by atoms with E-state index in [1.807, 2.05) is 34.7 Å². The predicted octanol–water partition coefficient (Wildman–Crippen LogP) is 1.18. The first-order valence-corrected chi connectivity index (χ1v) is 6.47. The van der Waals surface area contributed by atoms with Crippen molar-refractivity contribution in [3.8, 4) is 0 Å². The van der Waals surface area contributed by atoms with Gasteiger partial charge in [0.1, 0.15) is 0 Å². The van der Waals surface area contributed by atoms with E-state index >= 15 is 0 Å². The molecule has 1 atom stereocenters. The fraction of sp³-hybridized carbons (Fsp3) is 0.571. The van der Waals surface area contributed by atoms with Crippen LogP contribution in [0.2, 0.25) is 0 Å². The molecule has 5 heteroatoms. The van der Waals surface area contributed by atoms with Gasteiger partial charge in [0.15, 0.2) is 0 Å². The number of aliphatic hydroxyl groups excluding tert-OH is 1. The maximum absolute atomic E-state index is 11.6. The number of aliphatic hydroxyl groups is 1. The summed E-state index contributed by atoms with van der Waals surface area (Å²) in [5, 5.41) is 16.6. The Morgan fingerprint density at radius 3 is 2.58 bits per heavy atom. The average molecular weight is 265 g/mol. The normalized spacial score (nSPS) is 13.2. The van der Waals surface area contributed by atoms with Gasteiger partial charge in [0.25, 0.3) is 0 Å². The number of rotatable bonds is 5. The van der Waals surface area contributed by atoms with Crippen LogP contribution >= 0.6 is 0 Å². The van der Waals surface area contributed by atoms with Gasteiger partial charge >= 0.3 is 0 Å². The first-order valence-electron chi connectivity index (χ1n) is 6.47. The van der Waals surface area contributed by atoms with Crippen LogP contribution in [0.25, 0.3) is 6.08 Å². The second kappa shape index (κ2) is 6.52. The fourth-order valence-corrected chi connectivity index (χ4v) is 1.69. The molecule has 0 aliphatic heterocycles. The van der Waals surface area contributed by atoms with Crippen molar-refractivity contribution in [3.05, 3.63) is 23.0 Å². The van der Waals surface area contributed by atoms with Crippen molar-refractivity contribution in [2.24, 2.45) is 13.0 Å². The van der Waals surface area contributed by atoms with Gasteiger partial charge in [-0.3, -0.25) is 9.48 Å². The summed E-state index contributed by atoms with van der Waals surface area (Å²) in [6, 6.07) is 0. The van der Waals surface area contributed by atoms with Gasteiger partial charge in [-0.1, -0.05) is 13.8 Å². The molecule has 0 radical (unpaired) electrons. The average Bonchev–Trinajstić information content (AvgIpc) is 2.58. The largest absolute Gasteiger partial charge is 0.391 e. The van der Waals surface area contributed by atoms with Crippen molar-refractivity contribution in [2.75, 3.05) is 6.54 Å². The first-order chi connectivity index (χ1) is 8.82. The molecule has 1 amide bonds. The smallest absolute Gasteiger partial charge is 0.244 e. The van der Waals surface area contributed by atoms with E-state index in [1.165, 1.54) is 6.08 Å². The minimum Gasteiger partial charge on any atom is -0.391 e. The molecule has 5 nitrogen and oxygen atoms in total. The Morgan fingerprint density at radius 1 is 1.47 bits per heavy atom. The van der Waals surface area contributed by atoms with E-state index < -0.39 is 6.10 Å². The summed E-state index contributed by atoms with van der Waals surface area (Å²) in [6.07, 6.45) is 2.72. The van der Waals surface area contributed by atoms with Gasteiger partial charge in [0.2, 0.25) is 5.91 Å². The Bertz CT molecular complexity index is 475. The van der Waals surface area contributed by atoms with E-state index in [1.54, 1.807) is 10.8 Å². The third-order valence-electron chi connectivity index (χ3n) is 3.22. The van der Waals surface area contributed by atoms with Crippen LogP contribution in [0.4, 0.5) is 0 Å². The van der Waals surface area contributed by atoms with Crippen molar-refractivity contribution >= 4 is 12.0 Å². The number of aromatic nitrogens is 2. The van der Waals surface area contributed by atoms with Crippen LogP contribution in [0.5, 0.6) is 0 Å². The topological polar surface area (TPSA) is 67.2 Å². The van der Waals surface area contributed by atoms with E-state index in [9.17, 15) is 9.90 Å². The lowest BCUT2D eigenvalue weighted by atomic mass is 10.1. The monoisotopic (exact) mass is 265 g/mol. The van der Waals surface area contributed by atoms with Gasteiger partial charge in [-0.25, -0.2) is 0 Å². The van der Waals surface area contributed by atoms with E-state index in [4.69, 9.17) is 0 Å². The highest BCUT2D eigenvalue weighted by molar-refractivity contribution is 5.92. The molecule has 106 valence electrons. The number of hydrogen-bond acceptors (Lipinski definition) is 3. The molecule has 1 aromatic heterocycles. The fourth-order valence-electron chi connectivity index (χ4n) is 1.69. The summed E-state index contributed by atoms with van der Waals surface area (Å²) < 4.78 is 1.79. The molecule has 1 aromatic rings. The van der Waals surface area contributed by atoms with Crippen molar-refractivity contribution in [1.82, 2.24) is 15.1 Å². The molecule has 0 aromatic carbocycles. The molecule has 1 rings (SSSR count). The zero-order valence-corrected chi connectivity index (χ0v) is 12.3. The molecule has 0 bridgehead atoms. The third kappa shape index (κ3) is 4.21. The Morgan fingerprint density at radius 2 is 2.11 bits per heavy atom. The standard InChI is InChI=1S/C14H23N3O2/c1-9(2)13(18)8-15-14(19)7-6-12-10(3)16-17(5)11(12)4/h6-7,9,13,18H,8H2,1-5H3,(H,15,19)/b7-6+. The highest BCUT2D eigenvalue weighted by Crippen LogP contribution is 2.13. The van der Waals surface area contributed by atoms with Gasteiger partial charge in [-0.2, -0.15) is 5.10 Å². The molecular weight excluding hydrogens is 242 g/mol. The number of amides is 1. The van der Waals surface area contributed by atoms with Crippen molar-refractivity contribution in [2.45, 2.75) is 33.8 Å². The van der Waals surface area contributed by atoms with E-state index in [0.29, 0.717) is 0 Å². The second-order valence-corrected chi connectivity index (χ2v) is 5.10. The summed E-state index contributed by atoms with van der Waals surface area (Å²) in [7, 11) is 1.87. The maximum Gasteiger partial charge on any atom is 0.244 e. The van der Waals surface area contributed by atoms with Crippen LogP contribution in [-0.2, 0) is 11.8 Å². The van der Waals surface area contributed by atoms with Crippen LogP contribution in [0.15, 0.2) is 6.08 Å². The van der Waals surface area contributed by atoms with Crippen LogP contribution < -0.4 is 5.32 Å². The van der Waals surface area contributed by atoms with E-state index in [0.717, 1.165) is 17.0 Å². The molecule has 2 N–H and O–H groups in total. The van der Waals surface area contributed by atoms with Crippen LogP contribution in [0, 0.1) is 19.8 Å². The van der Waals surface area contributed by atoms with Crippen LogP contribution in [0.1, 0.15) is 30.8 Å². The number of nitrogens with zero attached hydrogens (tertiary/aromatic N) is 2. The van der Waals surface area contributed by atoms with Gasteiger partial charge in [-0.15, -0.1) is 0 Å². The maximum atomic E-state index is 11.6.